The highest BCUT2D eigenvalue weighted by Gasteiger charge is 2.19. The van der Waals surface area contributed by atoms with E-state index in [0.29, 0.717) is 19.3 Å². The molecule has 0 fully saturated rings. The number of hydrogen-bond acceptors (Lipinski definition) is 6. The fourth-order valence-electron chi connectivity index (χ4n) is 9.00. The lowest BCUT2D eigenvalue weighted by molar-refractivity contribution is -0.167. The fraction of sp³-hybridized carbons (Fsp3) is 0.776. The van der Waals surface area contributed by atoms with Gasteiger partial charge in [-0.2, -0.15) is 0 Å². The zero-order chi connectivity index (χ0) is 52.9. The molecular weight excluding hydrogens is 901 g/mol. The summed E-state index contributed by atoms with van der Waals surface area (Å²) >= 11 is 0. The van der Waals surface area contributed by atoms with Crippen LogP contribution in [0.4, 0.5) is 0 Å². The summed E-state index contributed by atoms with van der Waals surface area (Å²) in [7, 11) is 0. The van der Waals surface area contributed by atoms with Crippen LogP contribution in [0.2, 0.25) is 0 Å². The Kier molecular flexibility index (Phi) is 58.7. The van der Waals surface area contributed by atoms with Crippen LogP contribution in [0.15, 0.2) is 72.9 Å². The molecule has 6 nitrogen and oxygen atoms in total. The average Bonchev–Trinajstić information content (AvgIpc) is 3.39. The lowest BCUT2D eigenvalue weighted by Gasteiger charge is -2.18. The van der Waals surface area contributed by atoms with Crippen molar-refractivity contribution >= 4 is 17.9 Å². The van der Waals surface area contributed by atoms with Gasteiger partial charge in [0.2, 0.25) is 0 Å². The van der Waals surface area contributed by atoms with Gasteiger partial charge >= 0.3 is 17.9 Å². The van der Waals surface area contributed by atoms with Crippen LogP contribution < -0.4 is 0 Å². The van der Waals surface area contributed by atoms with Crippen LogP contribution in [-0.4, -0.2) is 37.2 Å². The summed E-state index contributed by atoms with van der Waals surface area (Å²) in [6.07, 6.45) is 79.6. The van der Waals surface area contributed by atoms with Crippen molar-refractivity contribution in [3.8, 4) is 0 Å². The quantitative estimate of drug-likeness (QED) is 0.0261. The van der Waals surface area contributed by atoms with Crippen LogP contribution >= 0.6 is 0 Å². The highest BCUT2D eigenvalue weighted by Crippen LogP contribution is 2.17. The van der Waals surface area contributed by atoms with Gasteiger partial charge in [0.25, 0.3) is 0 Å². The third-order valence-electron chi connectivity index (χ3n) is 13.7. The van der Waals surface area contributed by atoms with Crippen molar-refractivity contribution in [3.05, 3.63) is 72.9 Å². The van der Waals surface area contributed by atoms with Gasteiger partial charge in [0, 0.05) is 19.3 Å². The number of carbonyl (C=O) groups is 3. The van der Waals surface area contributed by atoms with E-state index in [1.165, 1.54) is 180 Å². The largest absolute Gasteiger partial charge is 0.462 e. The van der Waals surface area contributed by atoms with Crippen molar-refractivity contribution < 1.29 is 28.6 Å². The number of ether oxygens (including phenoxy) is 3. The molecular formula is C67H118O6. The predicted molar refractivity (Wildman–Crippen MR) is 316 cm³/mol. The summed E-state index contributed by atoms with van der Waals surface area (Å²) in [6, 6.07) is 0. The molecule has 0 spiro atoms. The molecule has 0 aromatic rings. The molecule has 0 saturated carbocycles. The van der Waals surface area contributed by atoms with E-state index in [2.05, 4.69) is 93.7 Å². The first kappa shape index (κ1) is 69.8. The lowest BCUT2D eigenvalue weighted by atomic mass is 10.0. The van der Waals surface area contributed by atoms with E-state index in [4.69, 9.17) is 14.2 Å². The van der Waals surface area contributed by atoms with Crippen LogP contribution in [0.25, 0.3) is 0 Å². The first-order valence-electron chi connectivity index (χ1n) is 31.4. The van der Waals surface area contributed by atoms with E-state index in [9.17, 15) is 14.4 Å². The van der Waals surface area contributed by atoms with Gasteiger partial charge in [-0.15, -0.1) is 0 Å². The monoisotopic (exact) mass is 1020 g/mol. The molecule has 0 saturated heterocycles. The molecule has 0 aliphatic heterocycles. The van der Waals surface area contributed by atoms with E-state index in [0.717, 1.165) is 96.3 Å². The molecule has 0 rings (SSSR count). The second-order valence-corrected chi connectivity index (χ2v) is 20.9. The first-order valence-corrected chi connectivity index (χ1v) is 31.4. The Bertz CT molecular complexity index is 1360. The van der Waals surface area contributed by atoms with Crippen LogP contribution in [0.1, 0.15) is 316 Å². The van der Waals surface area contributed by atoms with Crippen molar-refractivity contribution in [2.24, 2.45) is 0 Å². The second kappa shape index (κ2) is 61.4. The molecule has 1 unspecified atom stereocenters. The predicted octanol–water partition coefficient (Wildman–Crippen LogP) is 21.3. The molecule has 0 bridgehead atoms. The molecule has 73 heavy (non-hydrogen) atoms. The van der Waals surface area contributed by atoms with Gasteiger partial charge in [-0.05, 0) is 89.9 Å². The number of allylic oxidation sites excluding steroid dienone is 12. The highest BCUT2D eigenvalue weighted by molar-refractivity contribution is 5.71. The van der Waals surface area contributed by atoms with Gasteiger partial charge < -0.3 is 14.2 Å². The molecule has 0 aliphatic carbocycles. The zero-order valence-electron chi connectivity index (χ0n) is 48.4. The molecule has 0 N–H and O–H groups in total. The summed E-state index contributed by atoms with van der Waals surface area (Å²) in [5.41, 5.74) is 0. The van der Waals surface area contributed by atoms with E-state index in [-0.39, 0.29) is 31.1 Å². The second-order valence-electron chi connectivity index (χ2n) is 20.9. The normalized spacial score (nSPS) is 12.5. The molecule has 0 radical (unpaired) electrons. The third-order valence-corrected chi connectivity index (χ3v) is 13.7. The minimum atomic E-state index is -0.772. The molecule has 1 atom stereocenters. The Morgan fingerprint density at radius 2 is 0.534 bits per heavy atom. The minimum Gasteiger partial charge on any atom is -0.462 e. The summed E-state index contributed by atoms with van der Waals surface area (Å²) < 4.78 is 16.8. The summed E-state index contributed by atoms with van der Waals surface area (Å²) in [6.45, 7) is 6.47. The van der Waals surface area contributed by atoms with E-state index in [1.807, 2.05) is 0 Å². The van der Waals surface area contributed by atoms with Crippen molar-refractivity contribution in [3.63, 3.8) is 0 Å². The summed E-state index contributed by atoms with van der Waals surface area (Å²) in [4.78, 5) is 37.9. The zero-order valence-corrected chi connectivity index (χ0v) is 48.4. The van der Waals surface area contributed by atoms with Crippen LogP contribution in [0.3, 0.4) is 0 Å². The SMILES string of the molecule is CC/C=C\C/C=C\C/C=C\C/C=C\C/C=C\CCCCCCCCCCCCCCCCCCCCCC(=O)OCC(COC(=O)CCCCCCCC)OC(=O)CCCCCCC/C=C\CCCCCCC. The Hall–Kier alpha value is -3.15. The van der Waals surface area contributed by atoms with Gasteiger partial charge in [0.15, 0.2) is 6.10 Å². The van der Waals surface area contributed by atoms with Gasteiger partial charge in [-0.25, -0.2) is 0 Å². The topological polar surface area (TPSA) is 78.9 Å². The van der Waals surface area contributed by atoms with E-state index >= 15 is 0 Å². The molecule has 0 aromatic carbocycles. The number of carbonyl (C=O) groups excluding carboxylic acids is 3. The standard InChI is InChI=1S/C67H118O6/c1-4-7-10-13-16-18-20-22-24-25-26-27-28-29-30-31-32-33-34-35-36-37-38-39-40-41-42-43-44-46-47-49-51-54-57-60-66(69)72-63-64(62-71-65(68)59-56-53-15-12-9-6-3)73-67(70)61-58-55-52-50-48-45-23-21-19-17-14-11-8-5-2/h7,10,16,18,21-24,26-27,29-30,64H,4-6,8-9,11-15,17,19-20,25,28,31-63H2,1-3H3/b10-7-,18-16-,23-21-,24-22-,27-26-,30-29-. The maximum atomic E-state index is 12.8. The maximum absolute atomic E-state index is 12.8. The van der Waals surface area contributed by atoms with Gasteiger partial charge in [0.05, 0.1) is 0 Å². The Morgan fingerprint density at radius 1 is 0.288 bits per heavy atom. The van der Waals surface area contributed by atoms with Gasteiger partial charge in [0.1, 0.15) is 13.2 Å². The van der Waals surface area contributed by atoms with Crippen molar-refractivity contribution in [1.82, 2.24) is 0 Å². The van der Waals surface area contributed by atoms with Crippen LogP contribution in [0, 0.1) is 0 Å². The van der Waals surface area contributed by atoms with E-state index in [1.54, 1.807) is 0 Å². The number of hydrogen-bond donors (Lipinski definition) is 0. The molecule has 0 aliphatic rings. The maximum Gasteiger partial charge on any atom is 0.306 e. The first-order chi connectivity index (χ1) is 36.0. The minimum absolute atomic E-state index is 0.0740. The third kappa shape index (κ3) is 59.6. The fourth-order valence-corrected chi connectivity index (χ4v) is 9.00. The molecule has 6 heteroatoms. The van der Waals surface area contributed by atoms with Gasteiger partial charge in [-0.3, -0.25) is 14.4 Å². The van der Waals surface area contributed by atoms with Crippen molar-refractivity contribution in [2.45, 2.75) is 322 Å². The van der Waals surface area contributed by atoms with E-state index < -0.39 is 6.10 Å². The smallest absolute Gasteiger partial charge is 0.306 e. The highest BCUT2D eigenvalue weighted by atomic mass is 16.6. The summed E-state index contributed by atoms with van der Waals surface area (Å²) in [5, 5.41) is 0. The average molecular weight is 1020 g/mol. The molecule has 0 aromatic heterocycles. The Labute approximate surface area is 453 Å². The van der Waals surface area contributed by atoms with Crippen molar-refractivity contribution in [1.29, 1.82) is 0 Å². The molecule has 0 heterocycles. The number of unbranched alkanes of at least 4 members (excludes halogenated alkanes) is 34. The number of rotatable bonds is 57. The van der Waals surface area contributed by atoms with Crippen molar-refractivity contribution in [2.75, 3.05) is 13.2 Å². The van der Waals surface area contributed by atoms with Gasteiger partial charge in [-0.1, -0.05) is 280 Å². The van der Waals surface area contributed by atoms with Crippen LogP contribution in [0.5, 0.6) is 0 Å². The number of esters is 3. The lowest BCUT2D eigenvalue weighted by Crippen LogP contribution is -2.30. The Balaban J connectivity index is 3.92. The molecule has 0 amide bonds. The Morgan fingerprint density at radius 3 is 0.849 bits per heavy atom. The summed E-state index contributed by atoms with van der Waals surface area (Å²) in [5.74, 6) is -0.880. The van der Waals surface area contributed by atoms with Crippen LogP contribution in [-0.2, 0) is 28.6 Å². The molecule has 422 valence electrons.